The second kappa shape index (κ2) is 5.83. The van der Waals surface area contributed by atoms with E-state index in [1.54, 1.807) is 0 Å². The van der Waals surface area contributed by atoms with E-state index in [4.69, 9.17) is 10.00 Å². The minimum atomic E-state index is 0.263. The van der Waals surface area contributed by atoms with E-state index in [2.05, 4.69) is 16.4 Å². The summed E-state index contributed by atoms with van der Waals surface area (Å²) in [4.78, 5) is 4.31. The van der Waals surface area contributed by atoms with Crippen LogP contribution in [0.4, 0.5) is 5.69 Å². The molecule has 1 atom stereocenters. The molecule has 1 N–H and O–H groups in total. The van der Waals surface area contributed by atoms with Gasteiger partial charge in [0.15, 0.2) is 0 Å². The molecule has 1 fully saturated rings. The van der Waals surface area contributed by atoms with Crippen LogP contribution in [0.25, 0.3) is 0 Å². The fraction of sp³-hybridized carbons (Fsp3) is 0.571. The van der Waals surface area contributed by atoms with E-state index >= 15 is 0 Å². The summed E-state index contributed by atoms with van der Waals surface area (Å²) in [6.45, 7) is 5.42. The average Bonchev–Trinajstić information content (AvgIpc) is 2.37. The van der Waals surface area contributed by atoms with Gasteiger partial charge in [0.2, 0.25) is 0 Å². The van der Waals surface area contributed by atoms with Crippen LogP contribution in [0.2, 0.25) is 0 Å². The van der Waals surface area contributed by atoms with Crippen LogP contribution in [0.15, 0.2) is 6.07 Å². The molecule has 0 amide bonds. The molecule has 2 rings (SSSR count). The van der Waals surface area contributed by atoms with Gasteiger partial charge in [-0.05, 0) is 39.2 Å². The summed E-state index contributed by atoms with van der Waals surface area (Å²) in [6.07, 6.45) is 3.75. The maximum Gasteiger partial charge on any atom is 0.103 e. The summed E-state index contributed by atoms with van der Waals surface area (Å²) in [6, 6.07) is 4.14. The second-order valence-corrected chi connectivity index (χ2v) is 4.75. The fourth-order valence-corrected chi connectivity index (χ4v) is 2.30. The number of ether oxygens (including phenoxy) is 1. The average molecular weight is 245 g/mol. The maximum atomic E-state index is 9.17. The van der Waals surface area contributed by atoms with Gasteiger partial charge in [0.05, 0.1) is 23.0 Å². The van der Waals surface area contributed by atoms with Crippen LogP contribution < -0.4 is 5.32 Å². The Hall–Kier alpha value is -1.60. The van der Waals surface area contributed by atoms with Crippen molar-refractivity contribution in [1.29, 1.82) is 5.26 Å². The van der Waals surface area contributed by atoms with Crippen LogP contribution >= 0.6 is 0 Å². The van der Waals surface area contributed by atoms with Crippen LogP contribution in [-0.4, -0.2) is 24.2 Å². The highest BCUT2D eigenvalue weighted by Gasteiger charge is 2.15. The number of anilines is 1. The van der Waals surface area contributed by atoms with Gasteiger partial charge in [-0.25, -0.2) is 0 Å². The van der Waals surface area contributed by atoms with Crippen molar-refractivity contribution < 1.29 is 4.74 Å². The predicted molar refractivity (Wildman–Crippen MR) is 70.5 cm³/mol. The van der Waals surface area contributed by atoms with Gasteiger partial charge in [-0.1, -0.05) is 0 Å². The Morgan fingerprint density at radius 3 is 3.00 bits per heavy atom. The van der Waals surface area contributed by atoms with Crippen LogP contribution in [0.5, 0.6) is 0 Å². The van der Waals surface area contributed by atoms with Gasteiger partial charge in [-0.3, -0.25) is 4.98 Å². The summed E-state index contributed by atoms with van der Waals surface area (Å²) in [5.74, 6) is 0. The standard InChI is InChI=1S/C14H19N3O/c1-10-7-14(13(8-15)11(2)17-10)16-9-12-5-3-4-6-18-12/h7,12H,3-6,9H2,1-2H3,(H,16,17). The van der Waals surface area contributed by atoms with Crippen molar-refractivity contribution in [2.45, 2.75) is 39.2 Å². The van der Waals surface area contributed by atoms with Gasteiger partial charge in [0, 0.05) is 18.8 Å². The number of nitrogens with one attached hydrogen (secondary N) is 1. The van der Waals surface area contributed by atoms with Crippen molar-refractivity contribution in [3.63, 3.8) is 0 Å². The van der Waals surface area contributed by atoms with E-state index in [1.807, 2.05) is 19.9 Å². The largest absolute Gasteiger partial charge is 0.381 e. The molecule has 2 heterocycles. The molecule has 1 unspecified atom stereocenters. The van der Waals surface area contributed by atoms with Crippen molar-refractivity contribution in [2.24, 2.45) is 0 Å². The van der Waals surface area contributed by atoms with Crippen LogP contribution in [0.1, 0.15) is 36.2 Å². The first-order chi connectivity index (χ1) is 8.70. The van der Waals surface area contributed by atoms with Crippen LogP contribution in [0, 0.1) is 25.2 Å². The van der Waals surface area contributed by atoms with Crippen molar-refractivity contribution in [3.8, 4) is 6.07 Å². The highest BCUT2D eigenvalue weighted by Crippen LogP contribution is 2.20. The molecule has 0 radical (unpaired) electrons. The van der Waals surface area contributed by atoms with Crippen molar-refractivity contribution in [1.82, 2.24) is 4.98 Å². The Morgan fingerprint density at radius 1 is 1.50 bits per heavy atom. The first kappa shape index (κ1) is 12.8. The monoisotopic (exact) mass is 245 g/mol. The van der Waals surface area contributed by atoms with E-state index in [1.165, 1.54) is 6.42 Å². The fourth-order valence-electron chi connectivity index (χ4n) is 2.30. The lowest BCUT2D eigenvalue weighted by Gasteiger charge is -2.23. The Morgan fingerprint density at radius 2 is 2.33 bits per heavy atom. The van der Waals surface area contributed by atoms with Crippen LogP contribution in [0.3, 0.4) is 0 Å². The molecule has 0 aliphatic carbocycles. The number of aromatic nitrogens is 1. The lowest BCUT2D eigenvalue weighted by molar-refractivity contribution is 0.0247. The van der Waals surface area contributed by atoms with Crippen molar-refractivity contribution in [3.05, 3.63) is 23.0 Å². The summed E-state index contributed by atoms with van der Waals surface area (Å²) < 4.78 is 5.67. The molecular formula is C14H19N3O. The molecule has 96 valence electrons. The molecule has 4 heteroatoms. The highest BCUT2D eigenvalue weighted by atomic mass is 16.5. The van der Waals surface area contributed by atoms with E-state index in [9.17, 15) is 0 Å². The molecule has 18 heavy (non-hydrogen) atoms. The van der Waals surface area contributed by atoms with Gasteiger partial charge in [0.25, 0.3) is 0 Å². The normalized spacial score (nSPS) is 19.3. The Kier molecular flexibility index (Phi) is 4.16. The van der Waals surface area contributed by atoms with E-state index in [-0.39, 0.29) is 6.10 Å². The number of aryl methyl sites for hydroxylation is 2. The third-order valence-corrected chi connectivity index (χ3v) is 3.23. The van der Waals surface area contributed by atoms with Crippen molar-refractivity contribution >= 4 is 5.69 Å². The number of nitriles is 1. The number of nitrogens with zero attached hydrogens (tertiary/aromatic N) is 2. The Bertz CT molecular complexity index is 459. The Labute approximate surface area is 108 Å². The molecule has 1 aromatic rings. The van der Waals surface area contributed by atoms with Crippen LogP contribution in [-0.2, 0) is 4.74 Å². The second-order valence-electron chi connectivity index (χ2n) is 4.75. The third-order valence-electron chi connectivity index (χ3n) is 3.23. The number of hydrogen-bond donors (Lipinski definition) is 1. The smallest absolute Gasteiger partial charge is 0.103 e. The zero-order chi connectivity index (χ0) is 13.0. The number of rotatable bonds is 3. The molecule has 4 nitrogen and oxygen atoms in total. The summed E-state index contributed by atoms with van der Waals surface area (Å²) in [7, 11) is 0. The summed E-state index contributed by atoms with van der Waals surface area (Å²) in [5, 5.41) is 12.5. The van der Waals surface area contributed by atoms with Gasteiger partial charge in [-0.15, -0.1) is 0 Å². The SMILES string of the molecule is Cc1cc(NCC2CCCCO2)c(C#N)c(C)n1. The molecule has 1 aromatic heterocycles. The number of pyridine rings is 1. The third kappa shape index (κ3) is 2.99. The maximum absolute atomic E-state index is 9.17. The molecule has 0 aromatic carbocycles. The van der Waals surface area contributed by atoms with Gasteiger partial charge < -0.3 is 10.1 Å². The topological polar surface area (TPSA) is 57.9 Å². The molecule has 1 aliphatic heterocycles. The number of hydrogen-bond acceptors (Lipinski definition) is 4. The first-order valence-electron chi connectivity index (χ1n) is 6.44. The van der Waals surface area contributed by atoms with Crippen molar-refractivity contribution in [2.75, 3.05) is 18.5 Å². The lowest BCUT2D eigenvalue weighted by atomic mass is 10.1. The summed E-state index contributed by atoms with van der Waals surface area (Å²) >= 11 is 0. The predicted octanol–water partition coefficient (Wildman–Crippen LogP) is 2.55. The summed E-state index contributed by atoms with van der Waals surface area (Å²) in [5.41, 5.74) is 3.22. The van der Waals surface area contributed by atoms with Gasteiger partial charge >= 0.3 is 0 Å². The zero-order valence-electron chi connectivity index (χ0n) is 11.0. The molecule has 1 aliphatic rings. The molecule has 1 saturated heterocycles. The minimum absolute atomic E-state index is 0.263. The van der Waals surface area contributed by atoms with E-state index < -0.39 is 0 Å². The molecule has 0 spiro atoms. The van der Waals surface area contributed by atoms with Gasteiger partial charge in [-0.2, -0.15) is 5.26 Å². The first-order valence-corrected chi connectivity index (χ1v) is 6.44. The quantitative estimate of drug-likeness (QED) is 0.889. The zero-order valence-corrected chi connectivity index (χ0v) is 11.0. The molecular weight excluding hydrogens is 226 g/mol. The lowest BCUT2D eigenvalue weighted by Crippen LogP contribution is -2.27. The van der Waals surface area contributed by atoms with E-state index in [0.29, 0.717) is 5.56 Å². The Balaban J connectivity index is 2.06. The highest BCUT2D eigenvalue weighted by molar-refractivity contribution is 5.59. The molecule has 0 saturated carbocycles. The molecule has 0 bridgehead atoms. The van der Waals surface area contributed by atoms with E-state index in [0.717, 1.165) is 43.1 Å². The minimum Gasteiger partial charge on any atom is -0.381 e. The van der Waals surface area contributed by atoms with Gasteiger partial charge in [0.1, 0.15) is 6.07 Å².